The van der Waals surface area contributed by atoms with Gasteiger partial charge in [-0.15, -0.1) is 5.10 Å². The summed E-state index contributed by atoms with van der Waals surface area (Å²) in [6.45, 7) is 4.95. The zero-order valence-electron chi connectivity index (χ0n) is 9.80. The number of aliphatic hydroxyl groups excluding tert-OH is 2. The summed E-state index contributed by atoms with van der Waals surface area (Å²) < 4.78 is 1.61. The summed E-state index contributed by atoms with van der Waals surface area (Å²) >= 11 is 0. The molecule has 1 aromatic heterocycles. The molecule has 0 amide bonds. The van der Waals surface area contributed by atoms with Crippen LogP contribution in [0.4, 0.5) is 0 Å². The molecule has 0 aliphatic rings. The second kappa shape index (κ2) is 6.57. The second-order valence-electron chi connectivity index (χ2n) is 4.06. The summed E-state index contributed by atoms with van der Waals surface area (Å²) in [6.07, 6.45) is 2.22. The highest BCUT2D eigenvalue weighted by Gasteiger charge is 2.06. The first-order valence-corrected chi connectivity index (χ1v) is 5.53. The van der Waals surface area contributed by atoms with Crippen LogP contribution < -0.4 is 5.32 Å². The monoisotopic (exact) mass is 228 g/mol. The van der Waals surface area contributed by atoms with Gasteiger partial charge in [0.05, 0.1) is 24.9 Å². The van der Waals surface area contributed by atoms with Crippen LogP contribution in [0.25, 0.3) is 0 Å². The van der Waals surface area contributed by atoms with E-state index in [1.807, 2.05) is 6.92 Å². The van der Waals surface area contributed by atoms with E-state index in [0.29, 0.717) is 19.5 Å². The first kappa shape index (κ1) is 13.1. The van der Waals surface area contributed by atoms with E-state index in [4.69, 9.17) is 5.11 Å². The molecule has 1 heterocycles. The van der Waals surface area contributed by atoms with Gasteiger partial charge in [-0.25, -0.2) is 4.68 Å². The van der Waals surface area contributed by atoms with Crippen molar-refractivity contribution in [3.05, 3.63) is 11.9 Å². The van der Waals surface area contributed by atoms with Gasteiger partial charge in [0.25, 0.3) is 0 Å². The molecule has 2 unspecified atom stereocenters. The number of hydrogen-bond donors (Lipinski definition) is 3. The molecule has 0 radical (unpaired) electrons. The molecule has 0 fully saturated rings. The summed E-state index contributed by atoms with van der Waals surface area (Å²) in [6, 6.07) is 0.239. The van der Waals surface area contributed by atoms with Gasteiger partial charge in [0.2, 0.25) is 0 Å². The zero-order chi connectivity index (χ0) is 12.0. The Morgan fingerprint density at radius 1 is 1.50 bits per heavy atom. The van der Waals surface area contributed by atoms with Crippen molar-refractivity contribution in [3.8, 4) is 0 Å². The summed E-state index contributed by atoms with van der Waals surface area (Å²) in [7, 11) is 0. The van der Waals surface area contributed by atoms with Crippen LogP contribution in [0.1, 0.15) is 26.0 Å². The minimum Gasteiger partial charge on any atom is -0.394 e. The Morgan fingerprint density at radius 2 is 2.25 bits per heavy atom. The van der Waals surface area contributed by atoms with Gasteiger partial charge in [-0.05, 0) is 20.3 Å². The molecule has 0 aliphatic carbocycles. The number of nitrogens with one attached hydrogen (secondary N) is 1. The van der Waals surface area contributed by atoms with Crippen molar-refractivity contribution in [2.45, 2.75) is 45.5 Å². The van der Waals surface area contributed by atoms with Crippen LogP contribution in [-0.4, -0.2) is 44.0 Å². The van der Waals surface area contributed by atoms with Gasteiger partial charge >= 0.3 is 0 Å². The molecule has 2 atom stereocenters. The van der Waals surface area contributed by atoms with E-state index in [1.54, 1.807) is 17.8 Å². The van der Waals surface area contributed by atoms with Crippen molar-refractivity contribution in [1.29, 1.82) is 0 Å². The molecule has 3 N–H and O–H groups in total. The average molecular weight is 228 g/mol. The van der Waals surface area contributed by atoms with Crippen molar-refractivity contribution >= 4 is 0 Å². The number of aromatic nitrogens is 3. The fourth-order valence-corrected chi connectivity index (χ4v) is 1.51. The number of hydrogen-bond acceptors (Lipinski definition) is 5. The van der Waals surface area contributed by atoms with E-state index in [0.717, 1.165) is 5.69 Å². The Bertz CT molecular complexity index is 301. The zero-order valence-corrected chi connectivity index (χ0v) is 9.80. The Balaban J connectivity index is 2.30. The maximum Gasteiger partial charge on any atom is 0.0964 e. The Kier molecular flexibility index (Phi) is 5.37. The van der Waals surface area contributed by atoms with Crippen LogP contribution >= 0.6 is 0 Å². The summed E-state index contributed by atoms with van der Waals surface area (Å²) in [5, 5.41) is 29.0. The molecule has 92 valence electrons. The third-order valence-electron chi connectivity index (χ3n) is 2.24. The fraction of sp³-hybridized carbons (Fsp3) is 0.800. The first-order valence-electron chi connectivity index (χ1n) is 5.53. The third kappa shape index (κ3) is 4.69. The molecule has 0 aliphatic heterocycles. The van der Waals surface area contributed by atoms with E-state index in [-0.39, 0.29) is 18.8 Å². The van der Waals surface area contributed by atoms with E-state index in [1.165, 1.54) is 0 Å². The Hall–Kier alpha value is -0.980. The van der Waals surface area contributed by atoms with Gasteiger partial charge in [0, 0.05) is 18.8 Å². The molecule has 1 rings (SSSR count). The molecular formula is C10H20N4O2. The molecule has 1 aromatic rings. The van der Waals surface area contributed by atoms with Gasteiger partial charge in [0.15, 0.2) is 0 Å². The third-order valence-corrected chi connectivity index (χ3v) is 2.24. The lowest BCUT2D eigenvalue weighted by molar-refractivity contribution is 0.170. The predicted molar refractivity (Wildman–Crippen MR) is 59.7 cm³/mol. The van der Waals surface area contributed by atoms with Crippen LogP contribution in [0.3, 0.4) is 0 Å². The van der Waals surface area contributed by atoms with Crippen LogP contribution in [0.2, 0.25) is 0 Å². The van der Waals surface area contributed by atoms with E-state index >= 15 is 0 Å². The maximum atomic E-state index is 9.19. The lowest BCUT2D eigenvalue weighted by Crippen LogP contribution is -2.28. The quantitative estimate of drug-likeness (QED) is 0.587. The summed E-state index contributed by atoms with van der Waals surface area (Å²) in [5.41, 5.74) is 0.839. The molecule has 6 heteroatoms. The molecular weight excluding hydrogens is 208 g/mol. The second-order valence-corrected chi connectivity index (χ2v) is 4.06. The molecule has 0 saturated heterocycles. The molecule has 0 saturated carbocycles. The molecule has 16 heavy (non-hydrogen) atoms. The number of aliphatic hydroxyl groups is 2. The number of rotatable bonds is 7. The van der Waals surface area contributed by atoms with Crippen molar-refractivity contribution < 1.29 is 10.2 Å². The summed E-state index contributed by atoms with van der Waals surface area (Å²) in [4.78, 5) is 0. The highest BCUT2D eigenvalue weighted by molar-refractivity contribution is 4.92. The normalized spacial score (nSPS) is 15.0. The standard InChI is InChI=1S/C10H20N4O2/c1-8(5-9(2)16)11-6-10-7-14(3-4-15)13-12-10/h7-9,11,15-16H,3-6H2,1-2H3. The van der Waals surface area contributed by atoms with E-state index in [9.17, 15) is 5.11 Å². The Labute approximate surface area is 95.3 Å². The lowest BCUT2D eigenvalue weighted by Gasteiger charge is -2.13. The molecule has 0 aromatic carbocycles. The minimum atomic E-state index is -0.299. The average Bonchev–Trinajstić information content (AvgIpc) is 2.62. The van der Waals surface area contributed by atoms with Crippen LogP contribution in [0.15, 0.2) is 6.20 Å². The van der Waals surface area contributed by atoms with Crippen LogP contribution in [0, 0.1) is 0 Å². The van der Waals surface area contributed by atoms with Gasteiger partial charge in [-0.2, -0.15) is 0 Å². The van der Waals surface area contributed by atoms with Crippen molar-refractivity contribution in [2.75, 3.05) is 6.61 Å². The van der Waals surface area contributed by atoms with Gasteiger partial charge in [0.1, 0.15) is 0 Å². The predicted octanol–water partition coefficient (Wildman–Crippen LogP) is -0.481. The van der Waals surface area contributed by atoms with Gasteiger partial charge in [-0.3, -0.25) is 0 Å². The highest BCUT2D eigenvalue weighted by Crippen LogP contribution is 1.99. The molecule has 6 nitrogen and oxygen atoms in total. The van der Waals surface area contributed by atoms with Crippen LogP contribution in [0.5, 0.6) is 0 Å². The smallest absolute Gasteiger partial charge is 0.0964 e. The van der Waals surface area contributed by atoms with Crippen molar-refractivity contribution in [1.82, 2.24) is 20.3 Å². The Morgan fingerprint density at radius 3 is 2.88 bits per heavy atom. The SMILES string of the molecule is CC(O)CC(C)NCc1cn(CCO)nn1. The summed E-state index contributed by atoms with van der Waals surface area (Å²) in [5.74, 6) is 0. The van der Waals surface area contributed by atoms with Crippen molar-refractivity contribution in [3.63, 3.8) is 0 Å². The van der Waals surface area contributed by atoms with Gasteiger partial charge < -0.3 is 15.5 Å². The fourth-order valence-electron chi connectivity index (χ4n) is 1.51. The molecule has 0 bridgehead atoms. The topological polar surface area (TPSA) is 83.2 Å². The number of nitrogens with zero attached hydrogens (tertiary/aromatic N) is 3. The minimum absolute atomic E-state index is 0.0641. The maximum absolute atomic E-state index is 9.19. The van der Waals surface area contributed by atoms with E-state index < -0.39 is 0 Å². The van der Waals surface area contributed by atoms with E-state index in [2.05, 4.69) is 15.6 Å². The largest absolute Gasteiger partial charge is 0.394 e. The lowest BCUT2D eigenvalue weighted by atomic mass is 10.1. The first-order chi connectivity index (χ1) is 7.61. The van der Waals surface area contributed by atoms with Crippen LogP contribution in [-0.2, 0) is 13.1 Å². The highest BCUT2D eigenvalue weighted by atomic mass is 16.3. The van der Waals surface area contributed by atoms with Gasteiger partial charge in [-0.1, -0.05) is 5.21 Å². The molecule has 0 spiro atoms. The van der Waals surface area contributed by atoms with Crippen molar-refractivity contribution in [2.24, 2.45) is 0 Å².